The third-order valence-electron chi connectivity index (χ3n) is 3.00. The molecule has 1 aromatic heterocycles. The summed E-state index contributed by atoms with van der Waals surface area (Å²) in [6.45, 7) is 1.98. The van der Waals surface area contributed by atoms with Gasteiger partial charge in [-0.3, -0.25) is 16.3 Å². The van der Waals surface area contributed by atoms with E-state index in [9.17, 15) is 0 Å². The molecule has 3 N–H and O–H groups in total. The van der Waals surface area contributed by atoms with E-state index in [-0.39, 0.29) is 6.04 Å². The number of aromatic nitrogens is 1. The second-order valence-electron chi connectivity index (χ2n) is 4.44. The van der Waals surface area contributed by atoms with Crippen LogP contribution in [0.25, 0.3) is 0 Å². The highest BCUT2D eigenvalue weighted by atomic mass is 79.9. The summed E-state index contributed by atoms with van der Waals surface area (Å²) in [5, 5.41) is 0.755. The van der Waals surface area contributed by atoms with Gasteiger partial charge in [-0.2, -0.15) is 0 Å². The van der Waals surface area contributed by atoms with Crippen LogP contribution in [0.4, 0.5) is 0 Å². The third kappa shape index (κ3) is 3.76. The van der Waals surface area contributed by atoms with Crippen molar-refractivity contribution >= 4 is 27.5 Å². The van der Waals surface area contributed by atoms with Crippen molar-refractivity contribution in [2.75, 3.05) is 0 Å². The Morgan fingerprint density at radius 3 is 2.79 bits per heavy atom. The number of hydrogen-bond acceptors (Lipinski definition) is 3. The normalized spacial score (nSPS) is 12.4. The van der Waals surface area contributed by atoms with Crippen molar-refractivity contribution < 1.29 is 0 Å². The van der Waals surface area contributed by atoms with Crippen molar-refractivity contribution in [2.45, 2.75) is 19.4 Å². The highest BCUT2D eigenvalue weighted by Crippen LogP contribution is 2.24. The molecule has 0 fully saturated rings. The Morgan fingerprint density at radius 1 is 1.37 bits per heavy atom. The zero-order chi connectivity index (χ0) is 13.8. The Bertz CT molecular complexity index is 574. The fraction of sp³-hybridized carbons (Fsp3) is 0.214. The zero-order valence-electron chi connectivity index (χ0n) is 10.5. The van der Waals surface area contributed by atoms with E-state index in [1.807, 2.05) is 37.4 Å². The fourth-order valence-corrected chi connectivity index (χ4v) is 2.50. The van der Waals surface area contributed by atoms with E-state index in [1.54, 1.807) is 6.20 Å². The van der Waals surface area contributed by atoms with Crippen molar-refractivity contribution in [1.29, 1.82) is 0 Å². The Balaban J connectivity index is 2.22. The average molecular weight is 341 g/mol. The Morgan fingerprint density at radius 2 is 2.16 bits per heavy atom. The lowest BCUT2D eigenvalue weighted by Crippen LogP contribution is -2.29. The smallest absolute Gasteiger partial charge is 0.0501 e. The summed E-state index contributed by atoms with van der Waals surface area (Å²) in [6, 6.07) is 8.03. The predicted molar refractivity (Wildman–Crippen MR) is 81.9 cm³/mol. The molecule has 0 saturated heterocycles. The van der Waals surface area contributed by atoms with E-state index in [4.69, 9.17) is 17.4 Å². The van der Waals surface area contributed by atoms with Crippen molar-refractivity contribution in [3.05, 3.63) is 62.8 Å². The van der Waals surface area contributed by atoms with Crippen LogP contribution in [0.1, 0.15) is 22.7 Å². The van der Waals surface area contributed by atoms with E-state index < -0.39 is 0 Å². The van der Waals surface area contributed by atoms with Gasteiger partial charge in [0.25, 0.3) is 0 Å². The molecular weight excluding hydrogens is 326 g/mol. The Kier molecular flexibility index (Phi) is 4.93. The molecule has 0 aliphatic rings. The summed E-state index contributed by atoms with van der Waals surface area (Å²) < 4.78 is 0.961. The summed E-state index contributed by atoms with van der Waals surface area (Å²) in [4.78, 5) is 4.16. The molecule has 1 unspecified atom stereocenters. The predicted octanol–water partition coefficient (Wildman–Crippen LogP) is 3.55. The number of aryl methyl sites for hydroxylation is 1. The molecule has 19 heavy (non-hydrogen) atoms. The molecule has 2 aromatic rings. The van der Waals surface area contributed by atoms with Gasteiger partial charge in [0.15, 0.2) is 0 Å². The van der Waals surface area contributed by atoms with E-state index in [0.717, 1.165) is 32.6 Å². The standard InChI is InChI=1S/C14H15BrClN3/c1-9-2-3-11(6-13(9)16)14(19-17)5-10-4-12(15)8-18-7-10/h2-4,6-8,14,19H,5,17H2,1H3. The van der Waals surface area contributed by atoms with Crippen LogP contribution < -0.4 is 11.3 Å². The second kappa shape index (κ2) is 6.48. The maximum absolute atomic E-state index is 6.15. The number of nitrogens with zero attached hydrogens (tertiary/aromatic N) is 1. The number of halogens is 2. The van der Waals surface area contributed by atoms with Crippen molar-refractivity contribution in [3.63, 3.8) is 0 Å². The molecule has 0 aliphatic carbocycles. The van der Waals surface area contributed by atoms with Crippen LogP contribution >= 0.6 is 27.5 Å². The van der Waals surface area contributed by atoms with Crippen LogP contribution in [0.5, 0.6) is 0 Å². The fourth-order valence-electron chi connectivity index (χ4n) is 1.90. The van der Waals surface area contributed by atoms with Gasteiger partial charge in [0.1, 0.15) is 0 Å². The highest BCUT2D eigenvalue weighted by molar-refractivity contribution is 9.10. The largest absolute Gasteiger partial charge is 0.271 e. The Hall–Kier alpha value is -0.940. The van der Waals surface area contributed by atoms with Crippen LogP contribution in [-0.2, 0) is 6.42 Å². The molecule has 0 amide bonds. The molecule has 1 aromatic carbocycles. The van der Waals surface area contributed by atoms with Gasteiger partial charge in [-0.15, -0.1) is 0 Å². The number of nitrogens with two attached hydrogens (primary N) is 1. The molecular formula is C14H15BrClN3. The minimum Gasteiger partial charge on any atom is -0.271 e. The lowest BCUT2D eigenvalue weighted by Gasteiger charge is -2.17. The number of benzene rings is 1. The molecule has 2 rings (SSSR count). The number of nitrogens with one attached hydrogen (secondary N) is 1. The molecule has 0 bridgehead atoms. The minimum atomic E-state index is 0.00852. The summed E-state index contributed by atoms with van der Waals surface area (Å²) in [5.41, 5.74) is 6.06. The number of hydrogen-bond donors (Lipinski definition) is 2. The first-order chi connectivity index (χ1) is 9.10. The van der Waals surface area contributed by atoms with Crippen LogP contribution in [0, 0.1) is 6.92 Å². The van der Waals surface area contributed by atoms with Crippen molar-refractivity contribution in [3.8, 4) is 0 Å². The number of pyridine rings is 1. The van der Waals surface area contributed by atoms with E-state index >= 15 is 0 Å². The summed E-state index contributed by atoms with van der Waals surface area (Å²) in [7, 11) is 0. The summed E-state index contributed by atoms with van der Waals surface area (Å²) in [5.74, 6) is 5.65. The maximum atomic E-state index is 6.15. The second-order valence-corrected chi connectivity index (χ2v) is 5.77. The first-order valence-electron chi connectivity index (χ1n) is 5.91. The molecule has 1 heterocycles. The van der Waals surface area contributed by atoms with Gasteiger partial charge in [-0.25, -0.2) is 0 Å². The molecule has 0 spiro atoms. The molecule has 100 valence electrons. The van der Waals surface area contributed by atoms with Crippen LogP contribution in [0.15, 0.2) is 41.1 Å². The lowest BCUT2D eigenvalue weighted by atomic mass is 9.99. The summed E-state index contributed by atoms with van der Waals surface area (Å²) >= 11 is 9.57. The van der Waals surface area contributed by atoms with Gasteiger partial charge in [0.05, 0.1) is 6.04 Å². The molecule has 0 aliphatic heterocycles. The van der Waals surface area contributed by atoms with Gasteiger partial charge in [-0.1, -0.05) is 23.7 Å². The van der Waals surface area contributed by atoms with Gasteiger partial charge in [-0.05, 0) is 58.1 Å². The highest BCUT2D eigenvalue weighted by Gasteiger charge is 2.12. The van der Waals surface area contributed by atoms with Crippen LogP contribution in [-0.4, -0.2) is 4.98 Å². The van der Waals surface area contributed by atoms with Gasteiger partial charge in [0.2, 0.25) is 0 Å². The van der Waals surface area contributed by atoms with E-state index in [0.29, 0.717) is 0 Å². The van der Waals surface area contributed by atoms with Crippen molar-refractivity contribution in [2.24, 2.45) is 5.84 Å². The monoisotopic (exact) mass is 339 g/mol. The zero-order valence-corrected chi connectivity index (χ0v) is 12.9. The molecule has 3 nitrogen and oxygen atoms in total. The lowest BCUT2D eigenvalue weighted by molar-refractivity contribution is 0.551. The topological polar surface area (TPSA) is 50.9 Å². The third-order valence-corrected chi connectivity index (χ3v) is 3.84. The maximum Gasteiger partial charge on any atom is 0.0501 e. The number of hydrazine groups is 1. The molecule has 1 atom stereocenters. The van der Waals surface area contributed by atoms with Crippen molar-refractivity contribution in [1.82, 2.24) is 10.4 Å². The van der Waals surface area contributed by atoms with Gasteiger partial charge >= 0.3 is 0 Å². The molecule has 5 heteroatoms. The Labute approximate surface area is 126 Å². The quantitative estimate of drug-likeness (QED) is 0.661. The van der Waals surface area contributed by atoms with Gasteiger partial charge in [0, 0.05) is 21.9 Å². The first kappa shape index (κ1) is 14.5. The summed E-state index contributed by atoms with van der Waals surface area (Å²) in [6.07, 6.45) is 4.35. The van der Waals surface area contributed by atoms with E-state index in [2.05, 4.69) is 26.3 Å². The van der Waals surface area contributed by atoms with E-state index in [1.165, 1.54) is 0 Å². The minimum absolute atomic E-state index is 0.00852. The SMILES string of the molecule is Cc1ccc(C(Cc2cncc(Br)c2)NN)cc1Cl. The average Bonchev–Trinajstić information content (AvgIpc) is 2.39. The van der Waals surface area contributed by atoms with Crippen LogP contribution in [0.3, 0.4) is 0 Å². The first-order valence-corrected chi connectivity index (χ1v) is 7.09. The molecule has 0 radical (unpaired) electrons. The van der Waals surface area contributed by atoms with Crippen LogP contribution in [0.2, 0.25) is 5.02 Å². The van der Waals surface area contributed by atoms with Gasteiger partial charge < -0.3 is 0 Å². The number of rotatable bonds is 4. The molecule has 0 saturated carbocycles.